The van der Waals surface area contributed by atoms with Gasteiger partial charge >= 0.3 is 0 Å². The summed E-state index contributed by atoms with van der Waals surface area (Å²) in [4.78, 5) is 0. The van der Waals surface area contributed by atoms with Crippen molar-refractivity contribution < 1.29 is 0 Å². The van der Waals surface area contributed by atoms with Crippen LogP contribution in [0, 0.1) is 2.88 Å². The van der Waals surface area contributed by atoms with E-state index < -0.39 is 0 Å². The van der Waals surface area contributed by atoms with Crippen molar-refractivity contribution in [1.29, 1.82) is 0 Å². The topological polar surface area (TPSA) is 12.0 Å². The maximum atomic E-state index is 3.64. The Bertz CT molecular complexity index is 383. The number of thiophene rings is 1. The molecule has 0 fully saturated rings. The van der Waals surface area contributed by atoms with Crippen molar-refractivity contribution in [1.82, 2.24) is 5.32 Å². The molecule has 0 aromatic carbocycles. The molecule has 1 aromatic heterocycles. The lowest BCUT2D eigenvalue weighted by atomic mass is 9.97. The minimum Gasteiger partial charge on any atom is -0.307 e. The zero-order valence-corrected chi connectivity index (χ0v) is 13.3. The molecule has 0 bridgehead atoms. The third-order valence-corrected chi connectivity index (χ3v) is 5.08. The molecule has 17 heavy (non-hydrogen) atoms. The van der Waals surface area contributed by atoms with E-state index in [1.54, 1.807) is 5.57 Å². The average molecular weight is 361 g/mol. The lowest BCUT2D eigenvalue weighted by Gasteiger charge is -2.20. The molecule has 1 heterocycles. The molecule has 0 aliphatic heterocycles. The Morgan fingerprint density at radius 3 is 3.00 bits per heavy atom. The van der Waals surface area contributed by atoms with E-state index in [4.69, 9.17) is 0 Å². The van der Waals surface area contributed by atoms with Crippen LogP contribution in [-0.4, -0.2) is 6.54 Å². The lowest BCUT2D eigenvalue weighted by Crippen LogP contribution is -2.22. The van der Waals surface area contributed by atoms with Crippen molar-refractivity contribution in [2.75, 3.05) is 6.54 Å². The van der Waals surface area contributed by atoms with Crippen molar-refractivity contribution in [2.24, 2.45) is 0 Å². The van der Waals surface area contributed by atoms with Gasteiger partial charge in [0.25, 0.3) is 0 Å². The van der Waals surface area contributed by atoms with Crippen LogP contribution in [0.4, 0.5) is 0 Å². The van der Waals surface area contributed by atoms with Crippen LogP contribution in [0.3, 0.4) is 0 Å². The molecule has 0 radical (unpaired) electrons. The maximum absolute atomic E-state index is 3.64. The van der Waals surface area contributed by atoms with Crippen LogP contribution in [0.1, 0.15) is 50.6 Å². The summed E-state index contributed by atoms with van der Waals surface area (Å²) in [6, 6.07) is 2.78. The van der Waals surface area contributed by atoms with E-state index in [0.717, 1.165) is 6.54 Å². The Hall–Kier alpha value is 0.130. The third kappa shape index (κ3) is 3.80. The van der Waals surface area contributed by atoms with Crippen molar-refractivity contribution in [3.8, 4) is 0 Å². The third-order valence-electron chi connectivity index (χ3n) is 3.28. The van der Waals surface area contributed by atoms with E-state index in [1.165, 1.54) is 40.6 Å². The van der Waals surface area contributed by atoms with Gasteiger partial charge in [0.05, 0.1) is 8.93 Å². The second-order valence-electron chi connectivity index (χ2n) is 4.55. The summed E-state index contributed by atoms with van der Waals surface area (Å²) in [6.45, 7) is 3.23. The van der Waals surface area contributed by atoms with Crippen molar-refractivity contribution >= 4 is 33.9 Å². The monoisotopic (exact) mass is 361 g/mol. The van der Waals surface area contributed by atoms with Crippen LogP contribution in [0.25, 0.3) is 0 Å². The van der Waals surface area contributed by atoms with Gasteiger partial charge in [-0.2, -0.15) is 0 Å². The molecule has 1 unspecified atom stereocenters. The van der Waals surface area contributed by atoms with Gasteiger partial charge in [-0.3, -0.25) is 0 Å². The fourth-order valence-corrected chi connectivity index (χ4v) is 3.84. The normalized spacial score (nSPS) is 18.6. The van der Waals surface area contributed by atoms with Crippen LogP contribution < -0.4 is 5.32 Å². The van der Waals surface area contributed by atoms with Crippen LogP contribution in [-0.2, 0) is 0 Å². The van der Waals surface area contributed by atoms with Gasteiger partial charge in [0.15, 0.2) is 0 Å². The number of rotatable bonds is 4. The van der Waals surface area contributed by atoms with E-state index in [2.05, 4.69) is 52.4 Å². The van der Waals surface area contributed by atoms with Crippen LogP contribution in [0.5, 0.6) is 0 Å². The molecule has 0 amide bonds. The Morgan fingerprint density at radius 2 is 2.29 bits per heavy atom. The van der Waals surface area contributed by atoms with E-state index in [-0.39, 0.29) is 0 Å². The maximum Gasteiger partial charge on any atom is 0.0656 e. The lowest BCUT2D eigenvalue weighted by molar-refractivity contribution is 0.591. The first-order valence-corrected chi connectivity index (χ1v) is 8.43. The zero-order valence-electron chi connectivity index (χ0n) is 10.3. The first kappa shape index (κ1) is 13.6. The molecule has 94 valence electrons. The van der Waals surface area contributed by atoms with E-state index in [1.807, 2.05) is 11.3 Å². The minimum atomic E-state index is 0.456. The van der Waals surface area contributed by atoms with E-state index in [9.17, 15) is 0 Å². The van der Waals surface area contributed by atoms with Crippen LogP contribution in [0.2, 0.25) is 0 Å². The smallest absolute Gasteiger partial charge is 0.0656 e. The predicted molar refractivity (Wildman–Crippen MR) is 84.6 cm³/mol. The predicted octanol–water partition coefficient (Wildman–Crippen LogP) is 4.89. The van der Waals surface area contributed by atoms with E-state index >= 15 is 0 Å². The Balaban J connectivity index is 2.18. The second kappa shape index (κ2) is 6.90. The zero-order chi connectivity index (χ0) is 12.1. The number of allylic oxidation sites excluding steroid dienone is 1. The first-order chi connectivity index (χ1) is 8.31. The summed E-state index contributed by atoms with van der Waals surface area (Å²) >= 11 is 4.26. The van der Waals surface area contributed by atoms with Crippen molar-refractivity contribution in [3.63, 3.8) is 0 Å². The fraction of sp³-hybridized carbons (Fsp3) is 0.571. The molecule has 0 saturated heterocycles. The summed E-state index contributed by atoms with van der Waals surface area (Å²) in [6.07, 6.45) is 9.12. The van der Waals surface area contributed by atoms with Gasteiger partial charge in [-0.05, 0) is 71.8 Å². The fourth-order valence-electron chi connectivity index (χ4n) is 2.44. The highest BCUT2D eigenvalue weighted by atomic mass is 127. The molecule has 1 aromatic rings. The Kier molecular flexibility index (Phi) is 5.50. The SMILES string of the molecule is CCNC(C1=CCCCCC1)c1csc(I)c1. The Morgan fingerprint density at radius 1 is 1.41 bits per heavy atom. The van der Waals surface area contributed by atoms with Crippen molar-refractivity contribution in [3.05, 3.63) is 31.5 Å². The van der Waals surface area contributed by atoms with Gasteiger partial charge in [-0.1, -0.05) is 25.0 Å². The van der Waals surface area contributed by atoms with Gasteiger partial charge in [0.2, 0.25) is 0 Å². The van der Waals surface area contributed by atoms with Gasteiger partial charge in [0.1, 0.15) is 0 Å². The molecular weight excluding hydrogens is 341 g/mol. The highest BCUT2D eigenvalue weighted by molar-refractivity contribution is 14.1. The molecule has 1 nitrogen and oxygen atoms in total. The average Bonchev–Trinajstić information content (AvgIpc) is 2.60. The van der Waals surface area contributed by atoms with Gasteiger partial charge in [-0.15, -0.1) is 11.3 Å². The Labute approximate surface area is 122 Å². The van der Waals surface area contributed by atoms with Crippen LogP contribution in [0.15, 0.2) is 23.1 Å². The summed E-state index contributed by atoms with van der Waals surface area (Å²) in [7, 11) is 0. The van der Waals surface area contributed by atoms with E-state index in [0.29, 0.717) is 6.04 Å². The van der Waals surface area contributed by atoms with Gasteiger partial charge in [-0.25, -0.2) is 0 Å². The molecular formula is C14H20INS. The molecule has 3 heteroatoms. The first-order valence-electron chi connectivity index (χ1n) is 6.47. The largest absolute Gasteiger partial charge is 0.307 e. The molecule has 1 aliphatic rings. The van der Waals surface area contributed by atoms with Crippen molar-refractivity contribution in [2.45, 2.75) is 45.1 Å². The molecule has 1 N–H and O–H groups in total. The number of hydrogen-bond acceptors (Lipinski definition) is 2. The summed E-state index contributed by atoms with van der Waals surface area (Å²) in [5.74, 6) is 0. The number of halogens is 1. The highest BCUT2D eigenvalue weighted by Crippen LogP contribution is 2.31. The minimum absolute atomic E-state index is 0.456. The number of likely N-dealkylation sites (N-methyl/N-ethyl adjacent to an activating group) is 1. The van der Waals surface area contributed by atoms with Gasteiger partial charge < -0.3 is 5.32 Å². The highest BCUT2D eigenvalue weighted by Gasteiger charge is 2.17. The number of hydrogen-bond donors (Lipinski definition) is 1. The molecule has 0 spiro atoms. The molecule has 0 saturated carbocycles. The molecule has 1 atom stereocenters. The summed E-state index contributed by atoms with van der Waals surface area (Å²) in [5, 5.41) is 5.95. The van der Waals surface area contributed by atoms with Gasteiger partial charge in [0, 0.05) is 0 Å². The second-order valence-corrected chi connectivity index (χ2v) is 7.36. The molecule has 1 aliphatic carbocycles. The number of nitrogens with one attached hydrogen (secondary N) is 1. The summed E-state index contributed by atoms with van der Waals surface area (Å²) in [5.41, 5.74) is 3.06. The quantitative estimate of drug-likeness (QED) is 0.595. The summed E-state index contributed by atoms with van der Waals surface area (Å²) < 4.78 is 1.38. The molecule has 2 rings (SSSR count). The standard InChI is InChI=1S/C14H20INS/c1-2-16-14(12-9-13(15)17-10-12)11-7-5-3-4-6-8-11/h7,9-10,14,16H,2-6,8H2,1H3. The van der Waals surface area contributed by atoms with Crippen LogP contribution >= 0.6 is 33.9 Å².